The Morgan fingerprint density at radius 2 is 1.75 bits per heavy atom. The molecule has 70 valence electrons. The average Bonchev–Trinajstić information content (AvgIpc) is 2.05. The van der Waals surface area contributed by atoms with Gasteiger partial charge in [-0.2, -0.15) is 0 Å². The minimum atomic E-state index is -0.660. The van der Waals surface area contributed by atoms with Crippen LogP contribution in [0.15, 0.2) is 0 Å². The van der Waals surface area contributed by atoms with E-state index in [1.807, 2.05) is 0 Å². The van der Waals surface area contributed by atoms with Crippen LogP contribution in [0.3, 0.4) is 0 Å². The molecule has 1 saturated heterocycles. The zero-order valence-corrected chi connectivity index (χ0v) is 11.1. The van der Waals surface area contributed by atoms with Crippen molar-refractivity contribution in [2.75, 3.05) is 20.6 Å². The topological polar surface area (TPSA) is 3.24 Å². The van der Waals surface area contributed by atoms with Crippen LogP contribution in [0, 0.1) is 0 Å². The van der Waals surface area contributed by atoms with Crippen LogP contribution < -0.4 is 0 Å². The Morgan fingerprint density at radius 1 is 1.08 bits per heavy atom. The van der Waals surface area contributed by atoms with Gasteiger partial charge in [-0.25, -0.2) is 0 Å². The van der Waals surface area contributed by atoms with Gasteiger partial charge in [-0.15, -0.1) is 0 Å². The Bertz CT molecular complexity index is 108. The summed E-state index contributed by atoms with van der Waals surface area (Å²) < 4.78 is 0. The van der Waals surface area contributed by atoms with E-state index in [2.05, 4.69) is 19.0 Å². The van der Waals surface area contributed by atoms with E-state index < -0.39 is 16.2 Å². The van der Waals surface area contributed by atoms with E-state index in [1.165, 1.54) is 19.4 Å². The zero-order chi connectivity index (χ0) is 8.81. The minimum absolute atomic E-state index is 0.660. The molecule has 0 bridgehead atoms. The summed E-state index contributed by atoms with van der Waals surface area (Å²) in [5.41, 5.74) is 0. The molecule has 1 nitrogen and oxygen atoms in total. The Hall–Kier alpha value is 0.596. The van der Waals surface area contributed by atoms with Crippen molar-refractivity contribution < 1.29 is 0 Å². The summed E-state index contributed by atoms with van der Waals surface area (Å²) in [6.45, 7) is 1.32. The second-order valence-corrected chi connectivity index (χ2v) is 11.7. The first kappa shape index (κ1) is 10.7. The van der Waals surface area contributed by atoms with E-state index in [-0.39, 0.29) is 0 Å². The third-order valence-corrected chi connectivity index (χ3v) is 10.7. The van der Waals surface area contributed by atoms with Crippen LogP contribution in [-0.4, -0.2) is 41.8 Å². The summed E-state index contributed by atoms with van der Waals surface area (Å²) in [6.07, 6.45) is 6.17. The van der Waals surface area contributed by atoms with E-state index in [0.717, 1.165) is 0 Å². The van der Waals surface area contributed by atoms with Crippen LogP contribution >= 0.6 is 0 Å². The van der Waals surface area contributed by atoms with Crippen molar-refractivity contribution in [2.24, 2.45) is 0 Å². The van der Waals surface area contributed by atoms with Crippen molar-refractivity contribution in [1.29, 1.82) is 0 Å². The Kier molecular flexibility index (Phi) is 5.44. The summed E-state index contributed by atoms with van der Waals surface area (Å²) in [5.74, 6) is 0. The molecule has 12 heavy (non-hydrogen) atoms. The monoisotopic (exact) mass is 225 g/mol. The van der Waals surface area contributed by atoms with Gasteiger partial charge < -0.3 is 0 Å². The molecule has 0 atom stereocenters. The fraction of sp³-hybridized carbons (Fsp3) is 1.00. The number of nitrogens with zero attached hydrogens (tertiary/aromatic N) is 1. The summed E-state index contributed by atoms with van der Waals surface area (Å²) >= 11 is -0.660. The molecular formula is C10H22GaN. The molecule has 1 aliphatic rings. The molecule has 1 heterocycles. The van der Waals surface area contributed by atoms with Crippen LogP contribution in [0.4, 0.5) is 0 Å². The van der Waals surface area contributed by atoms with Gasteiger partial charge in [0.05, 0.1) is 0 Å². The predicted molar refractivity (Wildman–Crippen MR) is 57.2 cm³/mol. The van der Waals surface area contributed by atoms with Crippen LogP contribution in [-0.2, 0) is 0 Å². The van der Waals surface area contributed by atoms with Gasteiger partial charge in [-0.05, 0) is 0 Å². The maximum atomic E-state index is 2.32. The number of hydrogen-bond donors (Lipinski definition) is 0. The van der Waals surface area contributed by atoms with Crippen LogP contribution in [0.5, 0.6) is 0 Å². The molecule has 1 fully saturated rings. The van der Waals surface area contributed by atoms with Crippen molar-refractivity contribution >= 4 is 16.2 Å². The molecule has 0 radical (unpaired) electrons. The molecule has 0 saturated carbocycles. The first-order chi connectivity index (χ1) is 5.79. The summed E-state index contributed by atoms with van der Waals surface area (Å²) in [5, 5.41) is 0. The summed E-state index contributed by atoms with van der Waals surface area (Å²) in [7, 11) is 4.38. The second-order valence-electron chi connectivity index (χ2n) is 4.45. The van der Waals surface area contributed by atoms with Gasteiger partial charge in [0.15, 0.2) is 0 Å². The van der Waals surface area contributed by atoms with Crippen LogP contribution in [0.1, 0.15) is 25.7 Å². The molecule has 0 amide bonds. The molecule has 0 spiro atoms. The van der Waals surface area contributed by atoms with E-state index in [4.69, 9.17) is 0 Å². The van der Waals surface area contributed by atoms with Crippen molar-refractivity contribution in [3.05, 3.63) is 0 Å². The zero-order valence-electron chi connectivity index (χ0n) is 8.68. The molecule has 0 aromatic carbocycles. The van der Waals surface area contributed by atoms with Crippen LogP contribution in [0.2, 0.25) is 14.9 Å². The fourth-order valence-electron chi connectivity index (χ4n) is 2.17. The van der Waals surface area contributed by atoms with E-state index in [1.54, 1.807) is 27.8 Å². The number of rotatable bonds is 4. The second kappa shape index (κ2) is 6.11. The van der Waals surface area contributed by atoms with Gasteiger partial charge in [0, 0.05) is 0 Å². The van der Waals surface area contributed by atoms with Gasteiger partial charge in [0.2, 0.25) is 0 Å². The Morgan fingerprint density at radius 3 is 2.33 bits per heavy atom. The van der Waals surface area contributed by atoms with Gasteiger partial charge >= 0.3 is 82.4 Å². The third kappa shape index (κ3) is 4.58. The standard InChI is InChI=1S/C5H12N.C5H10.Ga/c1-4-5-6(2)3;1-3-5-4-2;/h1,4-5H2,2-3H3;1-5H2;. The van der Waals surface area contributed by atoms with Gasteiger partial charge in [0.1, 0.15) is 0 Å². The quantitative estimate of drug-likeness (QED) is 0.666. The molecule has 0 unspecified atom stereocenters. The van der Waals surface area contributed by atoms with Crippen molar-refractivity contribution in [2.45, 2.75) is 40.6 Å². The predicted octanol–water partition coefficient (Wildman–Crippen LogP) is 2.62. The fourth-order valence-corrected chi connectivity index (χ4v) is 9.22. The van der Waals surface area contributed by atoms with E-state index in [0.29, 0.717) is 0 Å². The SMILES string of the molecule is CN(C)CC[CH2][Ga]1[CH2]CCC[CH2]1. The number of hydrogen-bond acceptors (Lipinski definition) is 1. The summed E-state index contributed by atoms with van der Waals surface area (Å²) in [6, 6.07) is 0. The molecule has 0 aliphatic carbocycles. The van der Waals surface area contributed by atoms with Gasteiger partial charge in [-0.1, -0.05) is 0 Å². The molecule has 1 aliphatic heterocycles. The van der Waals surface area contributed by atoms with Gasteiger partial charge in [0.25, 0.3) is 0 Å². The Labute approximate surface area is 82.6 Å². The molecule has 0 aromatic rings. The normalized spacial score (nSPS) is 18.8. The first-order valence-corrected chi connectivity index (χ1v) is 10.6. The molecule has 0 N–H and O–H groups in total. The van der Waals surface area contributed by atoms with Crippen molar-refractivity contribution in [3.8, 4) is 0 Å². The van der Waals surface area contributed by atoms with E-state index in [9.17, 15) is 0 Å². The molecule has 0 aromatic heterocycles. The third-order valence-electron chi connectivity index (χ3n) is 2.94. The van der Waals surface area contributed by atoms with Crippen molar-refractivity contribution in [1.82, 2.24) is 4.90 Å². The first-order valence-electron chi connectivity index (χ1n) is 5.44. The molecule has 2 heteroatoms. The van der Waals surface area contributed by atoms with Gasteiger partial charge in [-0.3, -0.25) is 0 Å². The van der Waals surface area contributed by atoms with E-state index >= 15 is 0 Å². The molecular weight excluding hydrogens is 204 g/mol. The van der Waals surface area contributed by atoms with Crippen LogP contribution in [0.25, 0.3) is 0 Å². The molecule has 1 rings (SSSR count). The maximum absolute atomic E-state index is 2.32. The average molecular weight is 226 g/mol. The summed E-state index contributed by atoms with van der Waals surface area (Å²) in [4.78, 5) is 7.37. The Balaban J connectivity index is 1.98. The van der Waals surface area contributed by atoms with Crippen molar-refractivity contribution in [3.63, 3.8) is 0 Å².